The quantitative estimate of drug-likeness (QED) is 0.176. The molecular formula is C49H31N3O. The largest absolute Gasteiger partial charge is 0.455 e. The molecule has 0 aliphatic carbocycles. The zero-order valence-corrected chi connectivity index (χ0v) is 28.6. The highest BCUT2D eigenvalue weighted by atomic mass is 16.3. The zero-order valence-electron chi connectivity index (χ0n) is 28.6. The Hall–Kier alpha value is -7.17. The monoisotopic (exact) mass is 677 g/mol. The maximum Gasteiger partial charge on any atom is 0.164 e. The van der Waals surface area contributed by atoms with E-state index in [1.54, 1.807) is 0 Å². The van der Waals surface area contributed by atoms with Crippen LogP contribution in [0.15, 0.2) is 192 Å². The number of furan rings is 1. The van der Waals surface area contributed by atoms with E-state index in [2.05, 4.69) is 127 Å². The topological polar surface area (TPSA) is 51.8 Å². The predicted molar refractivity (Wildman–Crippen MR) is 217 cm³/mol. The Morgan fingerprint density at radius 2 is 0.698 bits per heavy atom. The van der Waals surface area contributed by atoms with Gasteiger partial charge in [0.05, 0.1) is 0 Å². The molecule has 2 heterocycles. The maximum absolute atomic E-state index is 6.89. The first-order chi connectivity index (χ1) is 26.3. The Morgan fingerprint density at radius 3 is 1.36 bits per heavy atom. The lowest BCUT2D eigenvalue weighted by Crippen LogP contribution is -2.00. The van der Waals surface area contributed by atoms with Crippen LogP contribution in [0.1, 0.15) is 0 Å². The second-order valence-corrected chi connectivity index (χ2v) is 13.2. The number of benzene rings is 8. The number of para-hydroxylation sites is 1. The summed E-state index contributed by atoms with van der Waals surface area (Å²) in [7, 11) is 0. The molecule has 0 saturated carbocycles. The highest BCUT2D eigenvalue weighted by Crippen LogP contribution is 2.43. The number of rotatable bonds is 6. The van der Waals surface area contributed by atoms with Gasteiger partial charge in [-0.05, 0) is 51.4 Å². The van der Waals surface area contributed by atoms with Crippen molar-refractivity contribution in [1.29, 1.82) is 0 Å². The fourth-order valence-corrected chi connectivity index (χ4v) is 7.35. The lowest BCUT2D eigenvalue weighted by molar-refractivity contribution is 0.674. The molecule has 0 aliphatic heterocycles. The van der Waals surface area contributed by atoms with Gasteiger partial charge in [0.1, 0.15) is 11.2 Å². The van der Waals surface area contributed by atoms with E-state index in [9.17, 15) is 0 Å². The number of hydrogen-bond donors (Lipinski definition) is 0. The third-order valence-corrected chi connectivity index (χ3v) is 9.92. The van der Waals surface area contributed by atoms with Crippen LogP contribution in [0.2, 0.25) is 0 Å². The molecule has 248 valence electrons. The summed E-state index contributed by atoms with van der Waals surface area (Å²) in [4.78, 5) is 14.8. The number of fused-ring (bicyclic) bond motifs is 5. The average molecular weight is 678 g/mol. The van der Waals surface area contributed by atoms with Crippen LogP contribution >= 0.6 is 0 Å². The van der Waals surface area contributed by atoms with Crippen LogP contribution in [0.4, 0.5) is 0 Å². The molecule has 0 spiro atoms. The Balaban J connectivity index is 1.13. The van der Waals surface area contributed by atoms with Crippen LogP contribution < -0.4 is 0 Å². The van der Waals surface area contributed by atoms with E-state index in [-0.39, 0.29) is 0 Å². The summed E-state index contributed by atoms with van der Waals surface area (Å²) in [5.41, 5.74) is 11.3. The summed E-state index contributed by atoms with van der Waals surface area (Å²) in [6, 6.07) is 65.2. The molecule has 0 unspecified atom stereocenters. The molecule has 0 amide bonds. The molecule has 10 rings (SSSR count). The normalized spacial score (nSPS) is 11.4. The van der Waals surface area contributed by atoms with E-state index in [4.69, 9.17) is 19.4 Å². The van der Waals surface area contributed by atoms with Crippen LogP contribution in [0.5, 0.6) is 0 Å². The lowest BCUT2D eigenvalue weighted by atomic mass is 9.93. The molecule has 0 bridgehead atoms. The van der Waals surface area contributed by atoms with Crippen molar-refractivity contribution in [1.82, 2.24) is 15.0 Å². The molecule has 10 aromatic rings. The van der Waals surface area contributed by atoms with Crippen molar-refractivity contribution >= 4 is 32.7 Å². The molecule has 0 radical (unpaired) electrons. The minimum Gasteiger partial charge on any atom is -0.455 e. The van der Waals surface area contributed by atoms with E-state index >= 15 is 0 Å². The molecule has 4 nitrogen and oxygen atoms in total. The standard InChI is InChI=1S/C49H31N3O/c1-4-15-32(16-5-1)35-21-12-23-37(29-35)43-31-44-42-28-14-27-39(45(42)53-46(44)41-26-11-10-25-40(41)43)36-22-13-24-38(30-36)49-51-47(33-17-6-2-7-18-33)50-48(52-49)34-19-8-3-9-20-34/h1-31H. The van der Waals surface area contributed by atoms with E-state index in [1.807, 2.05) is 60.7 Å². The average Bonchev–Trinajstić information content (AvgIpc) is 3.63. The molecule has 0 aliphatic rings. The molecule has 0 saturated heterocycles. The van der Waals surface area contributed by atoms with Gasteiger partial charge in [-0.1, -0.05) is 170 Å². The second-order valence-electron chi connectivity index (χ2n) is 13.2. The van der Waals surface area contributed by atoms with E-state index in [0.29, 0.717) is 17.5 Å². The summed E-state index contributed by atoms with van der Waals surface area (Å²) >= 11 is 0. The highest BCUT2D eigenvalue weighted by Gasteiger charge is 2.19. The summed E-state index contributed by atoms with van der Waals surface area (Å²) < 4.78 is 6.89. The van der Waals surface area contributed by atoms with Crippen LogP contribution in [-0.4, -0.2) is 15.0 Å². The molecule has 2 aromatic heterocycles. The van der Waals surface area contributed by atoms with E-state index in [1.165, 1.54) is 22.3 Å². The van der Waals surface area contributed by atoms with Crippen molar-refractivity contribution in [2.45, 2.75) is 0 Å². The number of nitrogens with zero attached hydrogens (tertiary/aromatic N) is 3. The van der Waals surface area contributed by atoms with E-state index < -0.39 is 0 Å². The smallest absolute Gasteiger partial charge is 0.164 e. The second kappa shape index (κ2) is 12.9. The number of aromatic nitrogens is 3. The Bertz CT molecular complexity index is 2880. The third kappa shape index (κ3) is 5.54. The fourth-order valence-electron chi connectivity index (χ4n) is 7.35. The van der Waals surface area contributed by atoms with Crippen molar-refractivity contribution in [2.24, 2.45) is 0 Å². The fraction of sp³-hybridized carbons (Fsp3) is 0. The first kappa shape index (κ1) is 30.6. The van der Waals surface area contributed by atoms with Gasteiger partial charge >= 0.3 is 0 Å². The summed E-state index contributed by atoms with van der Waals surface area (Å²) in [5.74, 6) is 1.89. The lowest BCUT2D eigenvalue weighted by Gasteiger charge is -2.10. The molecular weight excluding hydrogens is 647 g/mol. The van der Waals surface area contributed by atoms with Gasteiger partial charge in [-0.2, -0.15) is 0 Å². The highest BCUT2D eigenvalue weighted by molar-refractivity contribution is 6.20. The van der Waals surface area contributed by atoms with Gasteiger partial charge in [0.25, 0.3) is 0 Å². The number of hydrogen-bond acceptors (Lipinski definition) is 4. The Labute approximate surface area is 306 Å². The summed E-state index contributed by atoms with van der Waals surface area (Å²) in [6.07, 6.45) is 0. The van der Waals surface area contributed by atoms with E-state index in [0.717, 1.165) is 60.5 Å². The Morgan fingerprint density at radius 1 is 0.264 bits per heavy atom. The Kier molecular flexibility index (Phi) is 7.43. The van der Waals surface area contributed by atoms with Gasteiger partial charge in [0.15, 0.2) is 17.5 Å². The SMILES string of the molecule is c1ccc(-c2cccc(-c3cc4c5cccc(-c6cccc(-c7nc(-c8ccccc8)nc(-c8ccccc8)n7)c6)c5oc4c4ccccc34)c2)cc1. The minimum absolute atomic E-state index is 0.615. The zero-order chi connectivity index (χ0) is 35.1. The van der Waals surface area contributed by atoms with Gasteiger partial charge in [-0.3, -0.25) is 0 Å². The van der Waals surface area contributed by atoms with Crippen LogP contribution in [0.25, 0.3) is 100 Å². The van der Waals surface area contributed by atoms with Crippen molar-refractivity contribution in [3.05, 3.63) is 188 Å². The van der Waals surface area contributed by atoms with Crippen molar-refractivity contribution < 1.29 is 4.42 Å². The van der Waals surface area contributed by atoms with Gasteiger partial charge in [0.2, 0.25) is 0 Å². The van der Waals surface area contributed by atoms with Crippen molar-refractivity contribution in [3.63, 3.8) is 0 Å². The summed E-state index contributed by atoms with van der Waals surface area (Å²) in [6.45, 7) is 0. The molecule has 0 N–H and O–H groups in total. The van der Waals surface area contributed by atoms with Gasteiger partial charge in [-0.15, -0.1) is 0 Å². The first-order valence-electron chi connectivity index (χ1n) is 17.8. The first-order valence-corrected chi connectivity index (χ1v) is 17.8. The summed E-state index contributed by atoms with van der Waals surface area (Å²) in [5, 5.41) is 4.42. The predicted octanol–water partition coefficient (Wildman–Crippen LogP) is 12.9. The van der Waals surface area contributed by atoms with Crippen molar-refractivity contribution in [3.8, 4) is 67.5 Å². The molecule has 8 aromatic carbocycles. The van der Waals surface area contributed by atoms with Crippen molar-refractivity contribution in [2.75, 3.05) is 0 Å². The van der Waals surface area contributed by atoms with Crippen LogP contribution in [-0.2, 0) is 0 Å². The molecule has 53 heavy (non-hydrogen) atoms. The van der Waals surface area contributed by atoms with Gasteiger partial charge in [-0.25, -0.2) is 15.0 Å². The van der Waals surface area contributed by atoms with Gasteiger partial charge < -0.3 is 4.42 Å². The minimum atomic E-state index is 0.615. The third-order valence-electron chi connectivity index (χ3n) is 9.92. The van der Waals surface area contributed by atoms with Crippen LogP contribution in [0, 0.1) is 0 Å². The maximum atomic E-state index is 6.89. The molecule has 0 fully saturated rings. The molecule has 4 heteroatoms. The molecule has 0 atom stereocenters. The van der Waals surface area contributed by atoms with Gasteiger partial charge in [0, 0.05) is 38.4 Å². The van der Waals surface area contributed by atoms with Crippen LogP contribution in [0.3, 0.4) is 0 Å².